The van der Waals surface area contributed by atoms with E-state index in [1.54, 1.807) is 0 Å². The molecule has 0 aliphatic carbocycles. The van der Waals surface area contributed by atoms with Gasteiger partial charge in [0.25, 0.3) is 0 Å². The maximum absolute atomic E-state index is 13.1. The van der Waals surface area contributed by atoms with Crippen LogP contribution in [0, 0.1) is 17.8 Å². The first-order valence-electron chi connectivity index (χ1n) is 40.9. The molecule has 0 saturated heterocycles. The molecule has 98 heavy (non-hydrogen) atoms. The lowest BCUT2D eigenvalue weighted by Crippen LogP contribution is -2.30. The fourth-order valence-electron chi connectivity index (χ4n) is 12.1. The minimum atomic E-state index is -4.96. The zero-order chi connectivity index (χ0) is 72.3. The molecule has 0 bridgehead atoms. The molecule has 3 N–H and O–H groups in total. The van der Waals surface area contributed by atoms with E-state index in [2.05, 4.69) is 48.5 Å². The highest BCUT2D eigenvalue weighted by Gasteiger charge is 2.30. The molecular formula is C79H154O17P2. The zero-order valence-electron chi connectivity index (χ0n) is 64.3. The molecule has 7 atom stereocenters. The van der Waals surface area contributed by atoms with E-state index in [9.17, 15) is 43.2 Å². The minimum Gasteiger partial charge on any atom is -0.462 e. The Bertz CT molecular complexity index is 1910. The maximum Gasteiger partial charge on any atom is 0.472 e. The van der Waals surface area contributed by atoms with Crippen molar-refractivity contribution in [1.29, 1.82) is 0 Å². The summed E-state index contributed by atoms with van der Waals surface area (Å²) in [5.74, 6) is 0.188. The van der Waals surface area contributed by atoms with Crippen molar-refractivity contribution < 1.29 is 80.2 Å². The minimum absolute atomic E-state index is 0.104. The molecule has 0 rings (SSSR count). The van der Waals surface area contributed by atoms with Gasteiger partial charge < -0.3 is 33.8 Å². The van der Waals surface area contributed by atoms with Crippen LogP contribution in [0.3, 0.4) is 0 Å². The number of esters is 4. The van der Waals surface area contributed by atoms with E-state index in [1.165, 1.54) is 218 Å². The number of phosphoric acid groups is 2. The Morgan fingerprint density at radius 3 is 0.776 bits per heavy atom. The quantitative estimate of drug-likeness (QED) is 0.0222. The highest BCUT2D eigenvalue weighted by Crippen LogP contribution is 2.45. The molecule has 582 valence electrons. The van der Waals surface area contributed by atoms with E-state index in [0.29, 0.717) is 25.7 Å². The fraction of sp³-hybridized carbons (Fsp3) is 0.949. The second-order valence-corrected chi connectivity index (χ2v) is 32.3. The summed E-state index contributed by atoms with van der Waals surface area (Å²) < 4.78 is 68.6. The number of aliphatic hydroxyl groups is 1. The molecule has 0 radical (unpaired) electrons. The Kier molecular flexibility index (Phi) is 68.1. The van der Waals surface area contributed by atoms with Gasteiger partial charge in [-0.25, -0.2) is 9.13 Å². The smallest absolute Gasteiger partial charge is 0.462 e. The largest absolute Gasteiger partial charge is 0.472 e. The monoisotopic (exact) mass is 1440 g/mol. The van der Waals surface area contributed by atoms with Crippen LogP contribution in [-0.4, -0.2) is 96.7 Å². The average molecular weight is 1440 g/mol. The van der Waals surface area contributed by atoms with Crippen molar-refractivity contribution in [2.75, 3.05) is 39.6 Å². The Balaban J connectivity index is 5.23. The molecule has 17 nitrogen and oxygen atoms in total. The zero-order valence-corrected chi connectivity index (χ0v) is 66.0. The highest BCUT2D eigenvalue weighted by atomic mass is 31.2. The van der Waals surface area contributed by atoms with Gasteiger partial charge in [0.2, 0.25) is 0 Å². The normalized spacial score (nSPS) is 14.6. The van der Waals surface area contributed by atoms with Gasteiger partial charge in [-0.1, -0.05) is 357 Å². The van der Waals surface area contributed by atoms with Gasteiger partial charge in [0, 0.05) is 25.7 Å². The molecule has 0 saturated carbocycles. The van der Waals surface area contributed by atoms with Gasteiger partial charge in [-0.05, 0) is 43.4 Å². The van der Waals surface area contributed by atoms with E-state index in [-0.39, 0.29) is 25.7 Å². The Hall–Kier alpha value is -1.94. The fourth-order valence-corrected chi connectivity index (χ4v) is 13.6. The van der Waals surface area contributed by atoms with E-state index >= 15 is 0 Å². The SMILES string of the molecule is CCCCCCCCCCCCCCCCCCCCCCCC(=O)O[C@H](COC(=O)CCCCCCCCCCCCC(C)CC)COP(=O)(O)OC[C@@H](O)COP(=O)(O)OC[C@@H](COC(=O)CCCCCCCCCCC(C)C)OC(=O)CCCCCCCCCCC(C)CC. The molecule has 0 aliphatic heterocycles. The first-order chi connectivity index (χ1) is 47.3. The number of phosphoric ester groups is 2. The first kappa shape index (κ1) is 96.1. The number of carbonyl (C=O) groups is 4. The molecule has 0 amide bonds. The van der Waals surface area contributed by atoms with Crippen molar-refractivity contribution in [2.24, 2.45) is 17.8 Å². The molecule has 0 fully saturated rings. The number of aliphatic hydroxyl groups excluding tert-OH is 1. The molecule has 0 heterocycles. The molecule has 19 heteroatoms. The van der Waals surface area contributed by atoms with Crippen LogP contribution < -0.4 is 0 Å². The van der Waals surface area contributed by atoms with Gasteiger partial charge in [0.15, 0.2) is 12.2 Å². The number of ether oxygens (including phenoxy) is 4. The molecule has 0 aromatic heterocycles. The van der Waals surface area contributed by atoms with E-state index in [0.717, 1.165) is 108 Å². The second-order valence-electron chi connectivity index (χ2n) is 29.4. The summed E-state index contributed by atoms with van der Waals surface area (Å²) >= 11 is 0. The topological polar surface area (TPSA) is 237 Å². The van der Waals surface area contributed by atoms with Gasteiger partial charge in [-0.15, -0.1) is 0 Å². The van der Waals surface area contributed by atoms with Gasteiger partial charge in [0.1, 0.15) is 19.3 Å². The number of rotatable bonds is 77. The van der Waals surface area contributed by atoms with Crippen molar-refractivity contribution in [3.05, 3.63) is 0 Å². The standard InChI is InChI=1S/C79H154O17P2/c1-8-11-12-13-14-15-16-17-18-19-20-21-22-23-24-25-26-31-41-48-55-62-78(83)95-74(66-89-76(81)60-53-46-39-30-28-27-29-37-44-51-58-71(6)9-2)68-93-97(85,86)91-64-73(80)65-92-98(87,88)94-69-75(67-90-77(82)61-54-47-40-34-32-36-43-50-57-70(4)5)96-79(84)63-56-49-42-35-33-38-45-52-59-72(7)10-3/h70-75,80H,8-69H2,1-7H3,(H,85,86)(H,87,88)/t71?,72?,73-,74-,75-/m1/s1. The van der Waals surface area contributed by atoms with Gasteiger partial charge in [-0.2, -0.15) is 0 Å². The van der Waals surface area contributed by atoms with Crippen LogP contribution in [0.4, 0.5) is 0 Å². The van der Waals surface area contributed by atoms with Crippen molar-refractivity contribution in [3.8, 4) is 0 Å². The van der Waals surface area contributed by atoms with Crippen LogP contribution in [0.5, 0.6) is 0 Å². The highest BCUT2D eigenvalue weighted by molar-refractivity contribution is 7.47. The molecule has 0 aromatic carbocycles. The van der Waals surface area contributed by atoms with Crippen LogP contribution in [0.15, 0.2) is 0 Å². The van der Waals surface area contributed by atoms with Crippen molar-refractivity contribution in [1.82, 2.24) is 0 Å². The number of carbonyl (C=O) groups excluding carboxylic acids is 4. The number of hydrogen-bond donors (Lipinski definition) is 3. The van der Waals surface area contributed by atoms with Crippen LogP contribution in [0.25, 0.3) is 0 Å². The van der Waals surface area contributed by atoms with Gasteiger partial charge >= 0.3 is 39.5 Å². The molecule has 0 spiro atoms. The van der Waals surface area contributed by atoms with Crippen molar-refractivity contribution in [3.63, 3.8) is 0 Å². The van der Waals surface area contributed by atoms with Crippen LogP contribution in [0.2, 0.25) is 0 Å². The Morgan fingerprint density at radius 2 is 0.520 bits per heavy atom. The maximum atomic E-state index is 13.1. The molecule has 4 unspecified atom stereocenters. The lowest BCUT2D eigenvalue weighted by Gasteiger charge is -2.21. The number of hydrogen-bond acceptors (Lipinski definition) is 15. The van der Waals surface area contributed by atoms with E-state index < -0.39 is 97.5 Å². The average Bonchev–Trinajstić information content (AvgIpc) is 0.928. The predicted molar refractivity (Wildman–Crippen MR) is 400 cm³/mol. The summed E-state index contributed by atoms with van der Waals surface area (Å²) in [6, 6.07) is 0. The van der Waals surface area contributed by atoms with Crippen molar-refractivity contribution in [2.45, 2.75) is 426 Å². The van der Waals surface area contributed by atoms with Gasteiger partial charge in [-0.3, -0.25) is 37.3 Å². The molecular weight excluding hydrogens is 1280 g/mol. The van der Waals surface area contributed by atoms with Crippen LogP contribution in [0.1, 0.15) is 408 Å². The third kappa shape index (κ3) is 69.8. The predicted octanol–water partition coefficient (Wildman–Crippen LogP) is 23.4. The summed E-state index contributed by atoms with van der Waals surface area (Å²) in [5, 5.41) is 10.6. The second kappa shape index (κ2) is 69.4. The van der Waals surface area contributed by atoms with Crippen molar-refractivity contribution >= 4 is 39.5 Å². The Morgan fingerprint density at radius 1 is 0.296 bits per heavy atom. The summed E-state index contributed by atoms with van der Waals surface area (Å²) in [6.45, 7) is 11.9. The first-order valence-corrected chi connectivity index (χ1v) is 43.9. The third-order valence-electron chi connectivity index (χ3n) is 19.1. The van der Waals surface area contributed by atoms with E-state index in [1.807, 2.05) is 0 Å². The van der Waals surface area contributed by atoms with Crippen LogP contribution in [-0.2, 0) is 65.4 Å². The Labute approximate surface area is 600 Å². The molecule has 0 aromatic rings. The van der Waals surface area contributed by atoms with Gasteiger partial charge in [0.05, 0.1) is 26.4 Å². The molecule has 0 aliphatic rings. The summed E-state index contributed by atoms with van der Waals surface area (Å²) in [6.07, 6.45) is 56.9. The lowest BCUT2D eigenvalue weighted by atomic mass is 9.99. The van der Waals surface area contributed by atoms with Crippen LogP contribution >= 0.6 is 15.6 Å². The van der Waals surface area contributed by atoms with E-state index in [4.69, 9.17) is 37.0 Å². The summed E-state index contributed by atoms with van der Waals surface area (Å²) in [4.78, 5) is 72.9. The third-order valence-corrected chi connectivity index (χ3v) is 21.0. The lowest BCUT2D eigenvalue weighted by molar-refractivity contribution is -0.161. The number of unbranched alkanes of at least 4 members (excludes halogenated alkanes) is 43. The summed E-state index contributed by atoms with van der Waals surface area (Å²) in [5.41, 5.74) is 0. The summed E-state index contributed by atoms with van der Waals surface area (Å²) in [7, 11) is -9.92.